The molecule has 0 aliphatic heterocycles. The zero-order chi connectivity index (χ0) is 19.9. The minimum atomic E-state index is -0.916. The molecule has 3 aromatic carbocycles. The highest BCUT2D eigenvalue weighted by Gasteiger charge is 2.35. The molecule has 0 fully saturated rings. The summed E-state index contributed by atoms with van der Waals surface area (Å²) in [7, 11) is 0.456. The Morgan fingerprint density at radius 1 is 0.786 bits per heavy atom. The van der Waals surface area contributed by atoms with Gasteiger partial charge in [0.05, 0.1) is 22.2 Å². The molecule has 1 heterocycles. The number of aliphatic hydroxyl groups is 1. The van der Waals surface area contributed by atoms with Crippen LogP contribution < -0.4 is 5.46 Å². The van der Waals surface area contributed by atoms with E-state index >= 15 is 0 Å². The van der Waals surface area contributed by atoms with Crippen molar-refractivity contribution in [3.63, 3.8) is 0 Å². The minimum Gasteiger partial charge on any atom is -0.427 e. The number of rotatable bonds is 5. The van der Waals surface area contributed by atoms with E-state index < -0.39 is 11.2 Å². The molecule has 142 valence electrons. The summed E-state index contributed by atoms with van der Waals surface area (Å²) >= 11 is 0. The highest BCUT2D eigenvalue weighted by Crippen LogP contribution is 2.31. The van der Waals surface area contributed by atoms with Gasteiger partial charge in [-0.15, -0.1) is 0 Å². The van der Waals surface area contributed by atoms with Gasteiger partial charge in [-0.2, -0.15) is 0 Å². The molecule has 0 saturated carbocycles. The van der Waals surface area contributed by atoms with Crippen LogP contribution in [-0.2, 0) is 4.65 Å². The first-order valence-corrected chi connectivity index (χ1v) is 9.72. The van der Waals surface area contributed by atoms with E-state index in [-0.39, 0.29) is 0 Å². The molecule has 0 spiro atoms. The Morgan fingerprint density at radius 2 is 1.43 bits per heavy atom. The molecule has 0 aliphatic rings. The molecule has 4 rings (SSSR count). The van der Waals surface area contributed by atoms with Crippen molar-refractivity contribution >= 4 is 34.8 Å². The Hall–Kier alpha value is -2.56. The topological polar surface area (TPSA) is 34.4 Å². The summed E-state index contributed by atoms with van der Waals surface area (Å²) < 4.78 is 8.38. The van der Waals surface area contributed by atoms with Gasteiger partial charge in [0.25, 0.3) is 0 Å². The predicted octanol–water partition coefficient (Wildman–Crippen LogP) is 4.33. The summed E-state index contributed by atoms with van der Waals surface area (Å²) in [5.41, 5.74) is 3.07. The maximum absolute atomic E-state index is 10.3. The van der Waals surface area contributed by atoms with Gasteiger partial charge in [-0.25, -0.2) is 0 Å². The Kier molecular flexibility index (Phi) is 4.57. The van der Waals surface area contributed by atoms with Crippen molar-refractivity contribution < 1.29 is 9.76 Å². The Morgan fingerprint density at radius 3 is 2.14 bits per heavy atom. The molecule has 0 atom stereocenters. The molecule has 4 aromatic rings. The molecular formula is C24H26BNO2. The zero-order valence-electron chi connectivity index (χ0n) is 16.9. The molecule has 0 bridgehead atoms. The lowest BCUT2D eigenvalue weighted by Gasteiger charge is -2.37. The lowest BCUT2D eigenvalue weighted by Crippen LogP contribution is -2.49. The van der Waals surface area contributed by atoms with Crippen molar-refractivity contribution in [3.8, 4) is 5.69 Å². The van der Waals surface area contributed by atoms with Gasteiger partial charge in [-0.05, 0) is 52.0 Å². The standard InChI is InChI=1S/C24H26BNO2/c1-23(2,27)24(3,4)28-25-17-14-15-22-20(16-17)19-12-8-9-13-21(19)26(22)18-10-6-5-7-11-18/h5-16,25,27H,1-4H3. The zero-order valence-corrected chi connectivity index (χ0v) is 16.9. The quantitative estimate of drug-likeness (QED) is 0.530. The molecule has 0 aliphatic carbocycles. The van der Waals surface area contributed by atoms with Crippen molar-refractivity contribution in [2.75, 3.05) is 0 Å². The third-order valence-corrected chi connectivity index (χ3v) is 5.82. The number of hydrogen-bond acceptors (Lipinski definition) is 2. The number of nitrogens with zero attached hydrogens (tertiary/aromatic N) is 1. The molecule has 28 heavy (non-hydrogen) atoms. The van der Waals surface area contributed by atoms with Crippen LogP contribution in [0.5, 0.6) is 0 Å². The fraction of sp³-hybridized carbons (Fsp3) is 0.250. The van der Waals surface area contributed by atoms with E-state index in [9.17, 15) is 5.11 Å². The van der Waals surface area contributed by atoms with Crippen LogP contribution in [0.15, 0.2) is 72.8 Å². The minimum absolute atomic E-state index is 0.456. The first-order valence-electron chi connectivity index (χ1n) is 9.72. The molecule has 0 unspecified atom stereocenters. The number of para-hydroxylation sites is 2. The highest BCUT2D eigenvalue weighted by molar-refractivity contribution is 6.47. The van der Waals surface area contributed by atoms with E-state index in [4.69, 9.17) is 4.65 Å². The van der Waals surface area contributed by atoms with Crippen molar-refractivity contribution in [3.05, 3.63) is 72.8 Å². The van der Waals surface area contributed by atoms with Gasteiger partial charge in [0, 0.05) is 16.5 Å². The van der Waals surface area contributed by atoms with Gasteiger partial charge >= 0.3 is 7.48 Å². The second-order valence-corrected chi connectivity index (χ2v) is 8.40. The van der Waals surface area contributed by atoms with E-state index in [0.29, 0.717) is 7.48 Å². The van der Waals surface area contributed by atoms with Crippen molar-refractivity contribution in [1.29, 1.82) is 0 Å². The predicted molar refractivity (Wildman–Crippen MR) is 119 cm³/mol. The molecular weight excluding hydrogens is 345 g/mol. The van der Waals surface area contributed by atoms with Crippen LogP contribution in [0.1, 0.15) is 27.7 Å². The first-order chi connectivity index (χ1) is 13.3. The number of benzene rings is 3. The summed E-state index contributed by atoms with van der Waals surface area (Å²) in [5, 5.41) is 12.8. The van der Waals surface area contributed by atoms with E-state index in [0.717, 1.165) is 11.2 Å². The smallest absolute Gasteiger partial charge is 0.309 e. The van der Waals surface area contributed by atoms with Crippen LogP contribution in [0.2, 0.25) is 0 Å². The van der Waals surface area contributed by atoms with Gasteiger partial charge in [-0.3, -0.25) is 0 Å². The Labute approximate surface area is 166 Å². The molecule has 0 amide bonds. The lowest BCUT2D eigenvalue weighted by atomic mass is 9.82. The van der Waals surface area contributed by atoms with E-state index in [1.807, 2.05) is 19.9 Å². The van der Waals surface area contributed by atoms with Gasteiger partial charge in [0.1, 0.15) is 0 Å². The molecule has 0 radical (unpaired) electrons. The normalized spacial score (nSPS) is 12.6. The largest absolute Gasteiger partial charge is 0.427 e. The van der Waals surface area contributed by atoms with E-state index in [1.165, 1.54) is 21.8 Å². The second kappa shape index (κ2) is 6.80. The maximum atomic E-state index is 10.3. The average Bonchev–Trinajstić information content (AvgIpc) is 3.00. The van der Waals surface area contributed by atoms with Crippen LogP contribution >= 0.6 is 0 Å². The van der Waals surface area contributed by atoms with Crippen molar-refractivity contribution in [2.24, 2.45) is 0 Å². The van der Waals surface area contributed by atoms with E-state index in [1.54, 1.807) is 13.8 Å². The van der Waals surface area contributed by atoms with Gasteiger partial charge < -0.3 is 14.3 Å². The Bertz CT molecular complexity index is 1120. The highest BCUT2D eigenvalue weighted by atomic mass is 16.5. The van der Waals surface area contributed by atoms with Crippen molar-refractivity contribution in [1.82, 2.24) is 4.57 Å². The lowest BCUT2D eigenvalue weighted by molar-refractivity contribution is -0.0893. The SMILES string of the molecule is CC(C)(O)C(C)(C)OBc1ccc2c(c1)c1ccccc1n2-c1ccccc1. The van der Waals surface area contributed by atoms with Crippen LogP contribution in [0, 0.1) is 0 Å². The Balaban J connectivity index is 1.80. The number of hydrogen-bond donors (Lipinski definition) is 1. The summed E-state index contributed by atoms with van der Waals surface area (Å²) in [6, 6.07) is 25.4. The van der Waals surface area contributed by atoms with Crippen LogP contribution in [0.4, 0.5) is 0 Å². The van der Waals surface area contributed by atoms with Crippen LogP contribution in [0.25, 0.3) is 27.5 Å². The molecule has 0 saturated heterocycles. The summed E-state index contributed by atoms with van der Waals surface area (Å²) in [5.74, 6) is 0. The third-order valence-electron chi connectivity index (χ3n) is 5.82. The molecule has 4 heteroatoms. The molecule has 3 nitrogen and oxygen atoms in total. The number of fused-ring (bicyclic) bond motifs is 3. The van der Waals surface area contributed by atoms with Crippen LogP contribution in [0.3, 0.4) is 0 Å². The van der Waals surface area contributed by atoms with E-state index in [2.05, 4.69) is 71.3 Å². The van der Waals surface area contributed by atoms with Crippen LogP contribution in [-0.4, -0.2) is 28.4 Å². The summed E-state index contributed by atoms with van der Waals surface area (Å²) in [4.78, 5) is 0. The van der Waals surface area contributed by atoms with Gasteiger partial charge in [-0.1, -0.05) is 54.0 Å². The molecule has 1 N–H and O–H groups in total. The number of aromatic nitrogens is 1. The van der Waals surface area contributed by atoms with Crippen molar-refractivity contribution in [2.45, 2.75) is 38.9 Å². The summed E-state index contributed by atoms with van der Waals surface area (Å²) in [6.45, 7) is 7.41. The molecule has 1 aromatic heterocycles. The average molecular weight is 371 g/mol. The first kappa shape index (κ1) is 18.8. The third kappa shape index (κ3) is 3.23. The fourth-order valence-corrected chi connectivity index (χ4v) is 3.41. The second-order valence-electron chi connectivity index (χ2n) is 8.40. The summed E-state index contributed by atoms with van der Waals surface area (Å²) in [6.07, 6.45) is 0. The fourth-order valence-electron chi connectivity index (χ4n) is 3.41. The maximum Gasteiger partial charge on any atom is 0.309 e. The van der Waals surface area contributed by atoms with Gasteiger partial charge in [0.15, 0.2) is 0 Å². The monoisotopic (exact) mass is 371 g/mol. The van der Waals surface area contributed by atoms with Gasteiger partial charge in [0.2, 0.25) is 0 Å².